The van der Waals surface area contributed by atoms with Crippen molar-refractivity contribution in [2.75, 3.05) is 6.54 Å². The molecule has 7 nitrogen and oxygen atoms in total. The van der Waals surface area contributed by atoms with Gasteiger partial charge in [-0.15, -0.1) is 0 Å². The first kappa shape index (κ1) is 15.1. The van der Waals surface area contributed by atoms with Crippen LogP contribution in [-0.4, -0.2) is 45.7 Å². The second kappa shape index (κ2) is 5.75. The molecule has 1 N–H and O–H groups in total. The van der Waals surface area contributed by atoms with Crippen molar-refractivity contribution < 1.29 is 18.3 Å². The number of aromatic nitrogens is 2. The molecule has 2 aromatic rings. The summed E-state index contributed by atoms with van der Waals surface area (Å²) in [6.45, 7) is 0.194. The summed E-state index contributed by atoms with van der Waals surface area (Å²) in [6, 6.07) is 8.02. The third-order valence-electron chi connectivity index (χ3n) is 3.46. The number of carbonyl (C=O) groups is 1. The lowest BCUT2D eigenvalue weighted by molar-refractivity contribution is -0.140. The number of nitrogens with zero attached hydrogens (tertiary/aromatic N) is 3. The molecule has 1 aromatic carbocycles. The van der Waals surface area contributed by atoms with Crippen LogP contribution in [0.3, 0.4) is 0 Å². The number of aliphatic carboxylic acids is 1. The number of sulfonamides is 1. The van der Waals surface area contributed by atoms with Gasteiger partial charge in [-0.3, -0.25) is 4.79 Å². The molecule has 22 heavy (non-hydrogen) atoms. The molecule has 0 amide bonds. The van der Waals surface area contributed by atoms with E-state index in [1.165, 1.54) is 0 Å². The summed E-state index contributed by atoms with van der Waals surface area (Å²) >= 11 is 0.768. The molecule has 0 radical (unpaired) electrons. The normalized spacial score (nSPS) is 19.4. The van der Waals surface area contributed by atoms with Gasteiger partial charge in [0.25, 0.3) is 10.0 Å². The van der Waals surface area contributed by atoms with Gasteiger partial charge in [-0.1, -0.05) is 30.3 Å². The van der Waals surface area contributed by atoms with Crippen molar-refractivity contribution in [2.24, 2.45) is 0 Å². The van der Waals surface area contributed by atoms with Crippen LogP contribution in [0, 0.1) is 0 Å². The van der Waals surface area contributed by atoms with E-state index >= 15 is 0 Å². The van der Waals surface area contributed by atoms with Crippen LogP contribution in [0.1, 0.15) is 12.8 Å². The highest BCUT2D eigenvalue weighted by atomic mass is 32.2. The van der Waals surface area contributed by atoms with Gasteiger partial charge in [0.2, 0.25) is 4.34 Å². The highest BCUT2D eigenvalue weighted by Crippen LogP contribution is 2.28. The highest BCUT2D eigenvalue weighted by Gasteiger charge is 2.41. The van der Waals surface area contributed by atoms with Gasteiger partial charge in [0, 0.05) is 12.1 Å². The Morgan fingerprint density at radius 3 is 2.73 bits per heavy atom. The van der Waals surface area contributed by atoms with Crippen molar-refractivity contribution in [3.05, 3.63) is 30.3 Å². The Balaban J connectivity index is 1.94. The predicted octanol–water partition coefficient (Wildman–Crippen LogP) is 1.44. The van der Waals surface area contributed by atoms with Crippen molar-refractivity contribution in [1.82, 2.24) is 13.7 Å². The van der Waals surface area contributed by atoms with Crippen molar-refractivity contribution in [2.45, 2.75) is 23.2 Å². The third-order valence-corrected chi connectivity index (χ3v) is 6.41. The summed E-state index contributed by atoms with van der Waals surface area (Å²) in [4.78, 5) is 15.3. The number of carboxylic acid groups (broad SMARTS) is 1. The first-order valence-corrected chi connectivity index (χ1v) is 8.85. The third kappa shape index (κ3) is 2.62. The van der Waals surface area contributed by atoms with Gasteiger partial charge in [0.1, 0.15) is 6.04 Å². The van der Waals surface area contributed by atoms with Crippen molar-refractivity contribution in [1.29, 1.82) is 0 Å². The van der Waals surface area contributed by atoms with Gasteiger partial charge in [-0.25, -0.2) is 13.4 Å². The SMILES string of the molecule is O=C(O)[C@@H]1CCCN1S(=O)(=O)c1nc(-c2ccccc2)ns1. The summed E-state index contributed by atoms with van der Waals surface area (Å²) < 4.78 is 30.0. The zero-order valence-electron chi connectivity index (χ0n) is 11.4. The molecule has 3 rings (SSSR count). The van der Waals surface area contributed by atoms with Crippen molar-refractivity contribution >= 4 is 27.5 Å². The van der Waals surface area contributed by atoms with Gasteiger partial charge < -0.3 is 5.11 Å². The Morgan fingerprint density at radius 1 is 1.32 bits per heavy atom. The molecule has 0 unspecified atom stereocenters. The Bertz CT molecular complexity index is 789. The van der Waals surface area contributed by atoms with E-state index in [9.17, 15) is 13.2 Å². The average Bonchev–Trinajstić information content (AvgIpc) is 3.18. The van der Waals surface area contributed by atoms with Crippen LogP contribution in [0.2, 0.25) is 0 Å². The fourth-order valence-corrected chi connectivity index (χ4v) is 4.91. The second-order valence-electron chi connectivity index (χ2n) is 4.86. The van der Waals surface area contributed by atoms with E-state index in [1.807, 2.05) is 18.2 Å². The maximum Gasteiger partial charge on any atom is 0.322 e. The molecule has 0 saturated carbocycles. The minimum absolute atomic E-state index is 0.167. The molecule has 1 atom stereocenters. The van der Waals surface area contributed by atoms with E-state index in [0.717, 1.165) is 21.4 Å². The van der Waals surface area contributed by atoms with E-state index in [2.05, 4.69) is 9.36 Å². The maximum absolute atomic E-state index is 12.6. The number of hydrogen-bond donors (Lipinski definition) is 1. The Kier molecular flexibility index (Phi) is 3.94. The van der Waals surface area contributed by atoms with Gasteiger partial charge in [0.15, 0.2) is 5.82 Å². The lowest BCUT2D eigenvalue weighted by Crippen LogP contribution is -2.40. The summed E-state index contributed by atoms with van der Waals surface area (Å²) in [6.07, 6.45) is 0.847. The second-order valence-corrected chi connectivity index (χ2v) is 7.68. The molecule has 0 aliphatic carbocycles. The molecular weight excluding hydrogens is 326 g/mol. The van der Waals surface area contributed by atoms with E-state index < -0.39 is 22.0 Å². The Morgan fingerprint density at radius 2 is 2.05 bits per heavy atom. The number of benzene rings is 1. The molecule has 1 aromatic heterocycles. The topological polar surface area (TPSA) is 100 Å². The zero-order chi connectivity index (χ0) is 15.7. The molecule has 0 spiro atoms. The lowest BCUT2D eigenvalue weighted by Gasteiger charge is -2.18. The van der Waals surface area contributed by atoms with E-state index in [4.69, 9.17) is 5.11 Å². The number of hydrogen-bond acceptors (Lipinski definition) is 6. The van der Waals surface area contributed by atoms with Crippen molar-refractivity contribution in [3.63, 3.8) is 0 Å². The highest BCUT2D eigenvalue weighted by molar-refractivity contribution is 7.91. The quantitative estimate of drug-likeness (QED) is 0.905. The van der Waals surface area contributed by atoms with Crippen molar-refractivity contribution in [3.8, 4) is 11.4 Å². The first-order chi connectivity index (χ1) is 10.5. The standard InChI is InChI=1S/C13H13N3O4S2/c17-12(18)10-7-4-8-16(10)22(19,20)13-14-11(15-21-13)9-5-2-1-3-6-9/h1-3,5-6,10H,4,7-8H2,(H,17,18)/t10-/m0/s1. The largest absolute Gasteiger partial charge is 0.480 e. The van der Waals surface area contributed by atoms with Crippen LogP contribution in [0.4, 0.5) is 0 Å². The Labute approximate surface area is 131 Å². The summed E-state index contributed by atoms with van der Waals surface area (Å²) in [5, 5.41) is 9.14. The molecule has 1 saturated heterocycles. The lowest BCUT2D eigenvalue weighted by atomic mass is 10.2. The van der Waals surface area contributed by atoms with E-state index in [-0.39, 0.29) is 10.9 Å². The predicted molar refractivity (Wildman–Crippen MR) is 79.9 cm³/mol. The van der Waals surface area contributed by atoms with E-state index in [1.54, 1.807) is 12.1 Å². The number of carboxylic acids is 1. The molecule has 1 fully saturated rings. The molecule has 1 aliphatic rings. The van der Waals surface area contributed by atoms with Crippen LogP contribution in [0.5, 0.6) is 0 Å². The molecule has 2 heterocycles. The van der Waals surface area contributed by atoms with E-state index in [0.29, 0.717) is 18.7 Å². The van der Waals surface area contributed by atoms with Gasteiger partial charge in [-0.05, 0) is 24.4 Å². The minimum atomic E-state index is -3.92. The molecular formula is C13H13N3O4S2. The maximum atomic E-state index is 12.6. The van der Waals surface area contributed by atoms with Crippen LogP contribution < -0.4 is 0 Å². The van der Waals surface area contributed by atoms with Crippen LogP contribution >= 0.6 is 11.5 Å². The molecule has 116 valence electrons. The fourth-order valence-electron chi connectivity index (χ4n) is 2.39. The van der Waals surface area contributed by atoms with Gasteiger partial charge in [-0.2, -0.15) is 8.68 Å². The van der Waals surface area contributed by atoms with Crippen LogP contribution in [0.15, 0.2) is 34.7 Å². The van der Waals surface area contributed by atoms with Gasteiger partial charge in [0.05, 0.1) is 0 Å². The Hall–Kier alpha value is -1.84. The van der Waals surface area contributed by atoms with Crippen LogP contribution in [0.25, 0.3) is 11.4 Å². The number of rotatable bonds is 4. The summed E-state index contributed by atoms with van der Waals surface area (Å²) in [7, 11) is -3.92. The van der Waals surface area contributed by atoms with Gasteiger partial charge >= 0.3 is 5.97 Å². The summed E-state index contributed by atoms with van der Waals surface area (Å²) in [5.74, 6) is -0.802. The monoisotopic (exact) mass is 339 g/mol. The average molecular weight is 339 g/mol. The smallest absolute Gasteiger partial charge is 0.322 e. The summed E-state index contributed by atoms with van der Waals surface area (Å²) in [5.41, 5.74) is 0.719. The molecule has 0 bridgehead atoms. The minimum Gasteiger partial charge on any atom is -0.480 e. The van der Waals surface area contributed by atoms with Crippen LogP contribution in [-0.2, 0) is 14.8 Å². The molecule has 9 heteroatoms. The fraction of sp³-hybridized carbons (Fsp3) is 0.308. The first-order valence-electron chi connectivity index (χ1n) is 6.64. The molecule has 1 aliphatic heterocycles. The zero-order valence-corrected chi connectivity index (χ0v) is 13.0.